The molecule has 1 aliphatic heterocycles. The summed E-state index contributed by atoms with van der Waals surface area (Å²) >= 11 is 0. The summed E-state index contributed by atoms with van der Waals surface area (Å²) in [6.45, 7) is -0.105. The molecule has 2 rings (SSSR count). The number of nitrogens with zero attached hydrogens (tertiary/aromatic N) is 1. The van der Waals surface area contributed by atoms with Crippen molar-refractivity contribution in [1.29, 1.82) is 0 Å². The van der Waals surface area contributed by atoms with E-state index in [2.05, 4.69) is 0 Å². The molecule has 9 heteroatoms. The summed E-state index contributed by atoms with van der Waals surface area (Å²) in [5, 5.41) is 8.89. The lowest BCUT2D eigenvalue weighted by atomic mass is 10.1. The molecule has 0 radical (unpaired) electrons. The van der Waals surface area contributed by atoms with Crippen molar-refractivity contribution < 1.29 is 26.7 Å². The highest BCUT2D eigenvalue weighted by atomic mass is 32.2. The van der Waals surface area contributed by atoms with Crippen LogP contribution in [0, 0.1) is 0 Å². The van der Waals surface area contributed by atoms with Gasteiger partial charge in [0.1, 0.15) is 0 Å². The number of rotatable bonds is 4. The van der Waals surface area contributed by atoms with Gasteiger partial charge in [-0.2, -0.15) is 4.31 Å². The largest absolute Gasteiger partial charge is 0.478 e. The average molecular weight is 333 g/mol. The molecule has 1 heterocycles. The van der Waals surface area contributed by atoms with Crippen LogP contribution in [-0.2, 0) is 25.6 Å². The molecule has 0 aliphatic carbocycles. The molecule has 0 bridgehead atoms. The predicted octanol–water partition coefficient (Wildman–Crippen LogP) is -0.0550. The molecule has 1 N–H and O–H groups in total. The summed E-state index contributed by atoms with van der Waals surface area (Å²) in [4.78, 5) is 10.9. The summed E-state index contributed by atoms with van der Waals surface area (Å²) < 4.78 is 48.2. The maximum Gasteiger partial charge on any atom is 0.335 e. The summed E-state index contributed by atoms with van der Waals surface area (Å²) in [5.41, 5.74) is 0.382. The number of carboxylic acid groups (broad SMARTS) is 1. The number of carbonyl (C=O) groups is 1. The van der Waals surface area contributed by atoms with Crippen LogP contribution in [0.1, 0.15) is 15.9 Å². The standard InChI is InChI=1S/C12H15NO6S2/c14-12(15)11-3-1-2-10(8-11)9-21(18,19)13-4-6-20(16,17)7-5-13/h1-3,8H,4-7,9H2,(H,14,15). The fraction of sp³-hybridized carbons (Fsp3) is 0.417. The average Bonchev–Trinajstić information content (AvgIpc) is 2.37. The zero-order valence-electron chi connectivity index (χ0n) is 11.1. The van der Waals surface area contributed by atoms with E-state index in [4.69, 9.17) is 5.11 Å². The normalized spacial score (nSPS) is 19.2. The van der Waals surface area contributed by atoms with Gasteiger partial charge in [-0.1, -0.05) is 12.1 Å². The van der Waals surface area contributed by atoms with Crippen molar-refractivity contribution in [2.24, 2.45) is 0 Å². The Labute approximate surface area is 123 Å². The fourth-order valence-corrected chi connectivity index (χ4v) is 5.02. The smallest absolute Gasteiger partial charge is 0.335 e. The van der Waals surface area contributed by atoms with Gasteiger partial charge in [0.2, 0.25) is 10.0 Å². The zero-order chi connectivity index (χ0) is 15.7. The first-order valence-electron chi connectivity index (χ1n) is 6.20. The molecule has 0 saturated carbocycles. The van der Waals surface area contributed by atoms with Gasteiger partial charge < -0.3 is 5.11 Å². The van der Waals surface area contributed by atoms with E-state index >= 15 is 0 Å². The first-order valence-corrected chi connectivity index (χ1v) is 9.63. The summed E-state index contributed by atoms with van der Waals surface area (Å²) in [7, 11) is -6.80. The van der Waals surface area contributed by atoms with Gasteiger partial charge in [0.25, 0.3) is 0 Å². The van der Waals surface area contributed by atoms with E-state index in [1.54, 1.807) is 0 Å². The van der Waals surface area contributed by atoms with Crippen LogP contribution in [0.5, 0.6) is 0 Å². The minimum absolute atomic E-state index is 0.0175. The van der Waals surface area contributed by atoms with E-state index in [-0.39, 0.29) is 35.9 Å². The van der Waals surface area contributed by atoms with E-state index < -0.39 is 25.8 Å². The first kappa shape index (κ1) is 15.9. The molecule has 21 heavy (non-hydrogen) atoms. The van der Waals surface area contributed by atoms with E-state index in [0.29, 0.717) is 5.56 Å². The Hall–Kier alpha value is -1.45. The van der Waals surface area contributed by atoms with Crippen LogP contribution in [0.3, 0.4) is 0 Å². The van der Waals surface area contributed by atoms with Crippen molar-refractivity contribution in [3.8, 4) is 0 Å². The van der Waals surface area contributed by atoms with Crippen molar-refractivity contribution >= 4 is 25.8 Å². The van der Waals surface area contributed by atoms with Crippen molar-refractivity contribution in [3.05, 3.63) is 35.4 Å². The monoisotopic (exact) mass is 333 g/mol. The molecule has 0 spiro atoms. The first-order chi connectivity index (χ1) is 9.70. The van der Waals surface area contributed by atoms with Crippen LogP contribution >= 0.6 is 0 Å². The van der Waals surface area contributed by atoms with Crippen LogP contribution in [0.4, 0.5) is 0 Å². The second-order valence-corrected chi connectivity index (χ2v) is 9.09. The molecule has 1 aromatic rings. The molecule has 0 atom stereocenters. The second kappa shape index (κ2) is 5.74. The minimum atomic E-state index is -3.65. The summed E-state index contributed by atoms with van der Waals surface area (Å²) in [6, 6.07) is 5.70. The molecular weight excluding hydrogens is 318 g/mol. The summed E-state index contributed by atoms with van der Waals surface area (Å²) in [6.07, 6.45) is 0. The van der Waals surface area contributed by atoms with Gasteiger partial charge in [-0.15, -0.1) is 0 Å². The third-order valence-electron chi connectivity index (χ3n) is 3.22. The number of sulfonamides is 1. The van der Waals surface area contributed by atoms with E-state index in [1.807, 2.05) is 0 Å². The number of hydrogen-bond acceptors (Lipinski definition) is 5. The Balaban J connectivity index is 2.15. The lowest BCUT2D eigenvalue weighted by Gasteiger charge is -2.26. The molecule has 1 aromatic carbocycles. The maximum atomic E-state index is 12.2. The van der Waals surface area contributed by atoms with Crippen LogP contribution in [-0.4, -0.2) is 56.8 Å². The predicted molar refractivity (Wildman–Crippen MR) is 76.3 cm³/mol. The third-order valence-corrected chi connectivity index (χ3v) is 6.68. The van der Waals surface area contributed by atoms with E-state index in [9.17, 15) is 21.6 Å². The Morgan fingerprint density at radius 1 is 1.24 bits per heavy atom. The molecule has 0 aromatic heterocycles. The lowest BCUT2D eigenvalue weighted by molar-refractivity contribution is 0.0696. The number of sulfone groups is 1. The molecule has 116 valence electrons. The Morgan fingerprint density at radius 3 is 2.43 bits per heavy atom. The van der Waals surface area contributed by atoms with Crippen LogP contribution in [0.2, 0.25) is 0 Å². The van der Waals surface area contributed by atoms with Crippen molar-refractivity contribution in [2.45, 2.75) is 5.75 Å². The molecule has 1 fully saturated rings. The maximum absolute atomic E-state index is 12.2. The quantitative estimate of drug-likeness (QED) is 0.827. The highest BCUT2D eigenvalue weighted by molar-refractivity contribution is 7.92. The molecule has 7 nitrogen and oxygen atoms in total. The van der Waals surface area contributed by atoms with Gasteiger partial charge >= 0.3 is 5.97 Å². The van der Waals surface area contributed by atoms with Gasteiger partial charge in [0, 0.05) is 13.1 Å². The van der Waals surface area contributed by atoms with Crippen molar-refractivity contribution in [2.75, 3.05) is 24.6 Å². The van der Waals surface area contributed by atoms with Gasteiger partial charge in [-0.3, -0.25) is 0 Å². The van der Waals surface area contributed by atoms with Gasteiger partial charge in [0.15, 0.2) is 9.84 Å². The number of benzene rings is 1. The van der Waals surface area contributed by atoms with Crippen LogP contribution in [0.25, 0.3) is 0 Å². The SMILES string of the molecule is O=C(O)c1cccc(CS(=O)(=O)N2CCS(=O)(=O)CC2)c1. The van der Waals surface area contributed by atoms with Crippen LogP contribution in [0.15, 0.2) is 24.3 Å². The zero-order valence-corrected chi connectivity index (χ0v) is 12.7. The van der Waals surface area contributed by atoms with Crippen molar-refractivity contribution in [3.63, 3.8) is 0 Å². The lowest BCUT2D eigenvalue weighted by Crippen LogP contribution is -2.44. The highest BCUT2D eigenvalue weighted by Crippen LogP contribution is 2.15. The number of aromatic carboxylic acids is 1. The van der Waals surface area contributed by atoms with Gasteiger partial charge in [-0.25, -0.2) is 21.6 Å². The Morgan fingerprint density at radius 2 is 1.86 bits per heavy atom. The van der Waals surface area contributed by atoms with Crippen LogP contribution < -0.4 is 0 Å². The van der Waals surface area contributed by atoms with Crippen molar-refractivity contribution in [1.82, 2.24) is 4.31 Å². The number of carboxylic acids is 1. The molecular formula is C12H15NO6S2. The molecule has 1 saturated heterocycles. The highest BCUT2D eigenvalue weighted by Gasteiger charge is 2.30. The fourth-order valence-electron chi connectivity index (χ4n) is 2.07. The third kappa shape index (κ3) is 4.02. The van der Waals surface area contributed by atoms with E-state index in [0.717, 1.165) is 4.31 Å². The van der Waals surface area contributed by atoms with E-state index in [1.165, 1.54) is 24.3 Å². The Bertz CT molecular complexity index is 740. The second-order valence-electron chi connectivity index (χ2n) is 4.81. The molecule has 0 unspecified atom stereocenters. The molecule has 1 aliphatic rings. The van der Waals surface area contributed by atoms with Gasteiger partial charge in [0.05, 0.1) is 22.8 Å². The number of hydrogen-bond donors (Lipinski definition) is 1. The minimum Gasteiger partial charge on any atom is -0.478 e. The Kier molecular flexibility index (Phi) is 4.35. The van der Waals surface area contributed by atoms with Gasteiger partial charge in [-0.05, 0) is 17.7 Å². The topological polar surface area (TPSA) is 109 Å². The summed E-state index contributed by atoms with van der Waals surface area (Å²) in [5.74, 6) is -1.82. The molecule has 0 amide bonds.